The van der Waals surface area contributed by atoms with E-state index in [-0.39, 0.29) is 5.91 Å². The first-order chi connectivity index (χ1) is 15.3. The van der Waals surface area contributed by atoms with E-state index >= 15 is 0 Å². The number of fused-ring (bicyclic) bond motifs is 1. The van der Waals surface area contributed by atoms with E-state index in [1.807, 2.05) is 29.2 Å². The molecule has 5 nitrogen and oxygen atoms in total. The van der Waals surface area contributed by atoms with Crippen LogP contribution in [0.15, 0.2) is 60.7 Å². The van der Waals surface area contributed by atoms with Crippen molar-refractivity contribution in [1.82, 2.24) is 14.8 Å². The Kier molecular flexibility index (Phi) is 5.96. The minimum Gasteiger partial charge on any atom is -0.378 e. The first kappa shape index (κ1) is 20.2. The van der Waals surface area contributed by atoms with Crippen molar-refractivity contribution in [3.63, 3.8) is 0 Å². The Morgan fingerprint density at radius 2 is 1.77 bits per heavy atom. The fraction of sp³-hybridized carbons (Fsp3) is 0.385. The lowest BCUT2D eigenvalue weighted by molar-refractivity contribution is 0.0304. The van der Waals surface area contributed by atoms with Crippen LogP contribution < -0.4 is 0 Å². The third kappa shape index (κ3) is 4.48. The maximum Gasteiger partial charge on any atom is 0.254 e. The first-order valence-electron chi connectivity index (χ1n) is 11.3. The number of nitrogens with zero attached hydrogens (tertiary/aromatic N) is 3. The molecule has 5 heteroatoms. The lowest BCUT2D eigenvalue weighted by Gasteiger charge is -2.27. The van der Waals surface area contributed by atoms with Gasteiger partial charge in [0.2, 0.25) is 0 Å². The predicted octanol–water partition coefficient (Wildman–Crippen LogP) is 3.74. The van der Waals surface area contributed by atoms with Crippen LogP contribution in [0.4, 0.5) is 0 Å². The maximum atomic E-state index is 13.3. The number of pyridine rings is 1. The molecule has 2 saturated heterocycles. The molecular weight excluding hydrogens is 386 g/mol. The van der Waals surface area contributed by atoms with Gasteiger partial charge in [0.1, 0.15) is 0 Å². The molecule has 2 aliphatic heterocycles. The van der Waals surface area contributed by atoms with Crippen LogP contribution in [0, 0.1) is 0 Å². The van der Waals surface area contributed by atoms with Gasteiger partial charge in [-0.05, 0) is 37.1 Å². The van der Waals surface area contributed by atoms with Crippen molar-refractivity contribution in [3.05, 3.63) is 77.5 Å². The molecule has 2 aliphatic rings. The van der Waals surface area contributed by atoms with E-state index in [2.05, 4.69) is 41.3 Å². The van der Waals surface area contributed by atoms with Gasteiger partial charge in [-0.3, -0.25) is 9.78 Å². The lowest BCUT2D eigenvalue weighted by atomic mass is 9.99. The summed E-state index contributed by atoms with van der Waals surface area (Å²) in [7, 11) is 0. The van der Waals surface area contributed by atoms with E-state index in [1.54, 1.807) is 0 Å². The summed E-state index contributed by atoms with van der Waals surface area (Å²) in [6.45, 7) is 5.68. The highest BCUT2D eigenvalue weighted by molar-refractivity contribution is 6.06. The summed E-state index contributed by atoms with van der Waals surface area (Å²) < 4.78 is 5.43. The summed E-state index contributed by atoms with van der Waals surface area (Å²) in [6.07, 6.45) is 2.16. The smallest absolute Gasteiger partial charge is 0.254 e. The molecule has 1 unspecified atom stereocenters. The Hall–Kier alpha value is -2.76. The topological polar surface area (TPSA) is 45.7 Å². The molecule has 0 bridgehead atoms. The Morgan fingerprint density at radius 1 is 1.00 bits per heavy atom. The average Bonchev–Trinajstić information content (AvgIpc) is 3.32. The highest BCUT2D eigenvalue weighted by Crippen LogP contribution is 2.30. The molecular formula is C26H29N3O2. The molecule has 0 radical (unpaired) electrons. The number of carbonyl (C=O) groups is 1. The highest BCUT2D eigenvalue weighted by Gasteiger charge is 2.27. The number of amides is 1. The van der Waals surface area contributed by atoms with Gasteiger partial charge in [-0.25, -0.2) is 0 Å². The molecule has 2 aromatic carbocycles. The molecule has 5 rings (SSSR count). The summed E-state index contributed by atoms with van der Waals surface area (Å²) in [4.78, 5) is 22.8. The second-order valence-corrected chi connectivity index (χ2v) is 8.54. The van der Waals surface area contributed by atoms with E-state index in [9.17, 15) is 4.79 Å². The van der Waals surface area contributed by atoms with E-state index < -0.39 is 0 Å². The Bertz CT molecular complexity index is 1050. The van der Waals surface area contributed by atoms with Gasteiger partial charge in [-0.15, -0.1) is 0 Å². The van der Waals surface area contributed by atoms with Crippen LogP contribution in [-0.4, -0.2) is 66.6 Å². The first-order valence-corrected chi connectivity index (χ1v) is 11.3. The summed E-state index contributed by atoms with van der Waals surface area (Å²) in [5.74, 6) is 0.471. The molecule has 2 fully saturated rings. The van der Waals surface area contributed by atoms with E-state index in [1.165, 1.54) is 5.56 Å². The Morgan fingerprint density at radius 3 is 2.61 bits per heavy atom. The molecule has 31 heavy (non-hydrogen) atoms. The van der Waals surface area contributed by atoms with Gasteiger partial charge in [0.05, 0.1) is 24.3 Å². The van der Waals surface area contributed by atoms with Crippen LogP contribution in [0.2, 0.25) is 0 Å². The number of para-hydroxylation sites is 1. The fourth-order valence-electron chi connectivity index (χ4n) is 4.73. The van der Waals surface area contributed by atoms with Crippen molar-refractivity contribution in [1.29, 1.82) is 0 Å². The molecule has 1 amide bonds. The molecule has 0 saturated carbocycles. The second-order valence-electron chi connectivity index (χ2n) is 8.54. The molecule has 1 atom stereocenters. The van der Waals surface area contributed by atoms with E-state index in [0.29, 0.717) is 32.2 Å². The zero-order valence-electron chi connectivity index (χ0n) is 17.9. The second kappa shape index (κ2) is 9.16. The quantitative estimate of drug-likeness (QED) is 0.637. The number of rotatable bonds is 5. The van der Waals surface area contributed by atoms with E-state index in [0.717, 1.165) is 54.6 Å². The van der Waals surface area contributed by atoms with Crippen LogP contribution in [0.3, 0.4) is 0 Å². The highest BCUT2D eigenvalue weighted by atomic mass is 16.5. The number of aromatic nitrogens is 1. The normalized spacial score (nSPS) is 19.7. The molecule has 0 spiro atoms. The number of carbonyl (C=O) groups excluding carboxylic acids is 1. The largest absolute Gasteiger partial charge is 0.378 e. The number of morpholine rings is 1. The molecule has 1 aromatic heterocycles. The van der Waals surface area contributed by atoms with Crippen molar-refractivity contribution in [3.8, 4) is 0 Å². The average molecular weight is 416 g/mol. The number of hydrogen-bond donors (Lipinski definition) is 0. The van der Waals surface area contributed by atoms with Gasteiger partial charge in [0.15, 0.2) is 0 Å². The van der Waals surface area contributed by atoms with Gasteiger partial charge >= 0.3 is 0 Å². The van der Waals surface area contributed by atoms with Gasteiger partial charge in [0.25, 0.3) is 5.91 Å². The molecule has 0 aliphatic carbocycles. The lowest BCUT2D eigenvalue weighted by Crippen LogP contribution is -2.40. The Labute approximate surface area is 183 Å². The number of hydrogen-bond acceptors (Lipinski definition) is 4. The summed E-state index contributed by atoms with van der Waals surface area (Å²) in [5.41, 5.74) is 4.13. The van der Waals surface area contributed by atoms with E-state index in [4.69, 9.17) is 9.72 Å². The number of benzene rings is 2. The number of ether oxygens (including phenoxy) is 1. The molecule has 3 heterocycles. The SMILES string of the molecule is O=C(c1cc(C2CCN(CCc3ccccc3)C2)nc2ccccc12)N1CCOCC1. The third-order valence-electron chi connectivity index (χ3n) is 6.51. The van der Waals surface area contributed by atoms with Crippen molar-refractivity contribution in [2.45, 2.75) is 18.8 Å². The molecule has 3 aromatic rings. The van der Waals surface area contributed by atoms with Gasteiger partial charge in [0, 0.05) is 43.2 Å². The third-order valence-corrected chi connectivity index (χ3v) is 6.51. The Balaban J connectivity index is 1.35. The monoisotopic (exact) mass is 415 g/mol. The fourth-order valence-corrected chi connectivity index (χ4v) is 4.73. The summed E-state index contributed by atoms with van der Waals surface area (Å²) in [6, 6.07) is 20.8. The zero-order valence-corrected chi connectivity index (χ0v) is 17.9. The van der Waals surface area contributed by atoms with Crippen molar-refractivity contribution < 1.29 is 9.53 Å². The van der Waals surface area contributed by atoms with Crippen LogP contribution in [0.5, 0.6) is 0 Å². The number of likely N-dealkylation sites (tertiary alicyclic amines) is 1. The zero-order chi connectivity index (χ0) is 21.0. The predicted molar refractivity (Wildman–Crippen MR) is 122 cm³/mol. The standard InChI is InChI=1S/C26H29N3O2/c30-26(29-14-16-31-17-15-29)23-18-25(27-24-9-5-4-8-22(23)24)21-11-13-28(19-21)12-10-20-6-2-1-3-7-20/h1-9,18,21H,10-17,19H2. The molecule has 160 valence electrons. The van der Waals surface area contributed by atoms with Crippen LogP contribution >= 0.6 is 0 Å². The van der Waals surface area contributed by atoms with Gasteiger partial charge in [-0.1, -0.05) is 48.5 Å². The van der Waals surface area contributed by atoms with Crippen LogP contribution in [0.25, 0.3) is 10.9 Å². The van der Waals surface area contributed by atoms with Crippen molar-refractivity contribution in [2.75, 3.05) is 45.9 Å². The van der Waals surface area contributed by atoms with Crippen LogP contribution in [-0.2, 0) is 11.2 Å². The van der Waals surface area contributed by atoms with Gasteiger partial charge in [-0.2, -0.15) is 0 Å². The minimum absolute atomic E-state index is 0.0991. The molecule has 0 N–H and O–H groups in total. The van der Waals surface area contributed by atoms with Crippen molar-refractivity contribution in [2.24, 2.45) is 0 Å². The van der Waals surface area contributed by atoms with Crippen molar-refractivity contribution >= 4 is 16.8 Å². The minimum atomic E-state index is 0.0991. The summed E-state index contributed by atoms with van der Waals surface area (Å²) in [5, 5.41) is 0.946. The van der Waals surface area contributed by atoms with Crippen LogP contribution in [0.1, 0.15) is 34.0 Å². The van der Waals surface area contributed by atoms with Gasteiger partial charge < -0.3 is 14.5 Å². The summed E-state index contributed by atoms with van der Waals surface area (Å²) >= 11 is 0. The maximum absolute atomic E-state index is 13.3.